The molecule has 3 nitrogen and oxygen atoms in total. The standard InChI is InChI=1S/C17H34NO2/c1-6-13-18(7-2,8-3)14-11-9-10-12-15-20-17(19)16(4)5/h4,6-15H2,1-3,5H3/q+1. The molecule has 0 bridgehead atoms. The molecule has 0 unspecified atom stereocenters. The largest absolute Gasteiger partial charge is 0.462 e. The molecule has 0 aliphatic heterocycles. The first-order valence-electron chi connectivity index (χ1n) is 8.19. The van der Waals surface area contributed by atoms with Crippen LogP contribution in [0, 0.1) is 0 Å². The molecule has 0 aliphatic rings. The molecule has 0 atom stereocenters. The van der Waals surface area contributed by atoms with E-state index < -0.39 is 0 Å². The Hall–Kier alpha value is -0.830. The van der Waals surface area contributed by atoms with E-state index in [4.69, 9.17) is 4.74 Å². The highest BCUT2D eigenvalue weighted by Gasteiger charge is 2.20. The fraction of sp³-hybridized carbons (Fsp3) is 0.824. The number of unbranched alkanes of at least 4 members (excludes halogenated alkanes) is 3. The maximum absolute atomic E-state index is 11.2. The second-order valence-corrected chi connectivity index (χ2v) is 5.75. The van der Waals surface area contributed by atoms with E-state index in [0.29, 0.717) is 12.2 Å². The number of quaternary nitrogens is 1. The number of carbonyl (C=O) groups is 1. The zero-order chi connectivity index (χ0) is 15.4. The molecule has 0 saturated heterocycles. The lowest BCUT2D eigenvalue weighted by Crippen LogP contribution is -2.48. The summed E-state index contributed by atoms with van der Waals surface area (Å²) in [4.78, 5) is 11.2. The van der Waals surface area contributed by atoms with Crippen LogP contribution in [0.15, 0.2) is 12.2 Å². The van der Waals surface area contributed by atoms with Crippen molar-refractivity contribution >= 4 is 5.97 Å². The highest BCUT2D eigenvalue weighted by molar-refractivity contribution is 5.86. The Labute approximate surface area is 125 Å². The van der Waals surface area contributed by atoms with Crippen LogP contribution in [0.3, 0.4) is 0 Å². The number of hydrogen-bond donors (Lipinski definition) is 0. The second-order valence-electron chi connectivity index (χ2n) is 5.75. The molecule has 0 amide bonds. The molecule has 0 fully saturated rings. The number of carbonyl (C=O) groups excluding carboxylic acids is 1. The van der Waals surface area contributed by atoms with Crippen LogP contribution in [-0.4, -0.2) is 43.2 Å². The third-order valence-corrected chi connectivity index (χ3v) is 4.15. The fourth-order valence-electron chi connectivity index (χ4n) is 2.63. The van der Waals surface area contributed by atoms with Gasteiger partial charge in [-0.1, -0.05) is 13.5 Å². The summed E-state index contributed by atoms with van der Waals surface area (Å²) in [6.07, 6.45) is 5.87. The van der Waals surface area contributed by atoms with Crippen LogP contribution in [0.5, 0.6) is 0 Å². The third-order valence-electron chi connectivity index (χ3n) is 4.15. The molecule has 0 heterocycles. The van der Waals surface area contributed by atoms with Crippen molar-refractivity contribution in [1.29, 1.82) is 0 Å². The summed E-state index contributed by atoms with van der Waals surface area (Å²) in [7, 11) is 0. The molecule has 0 aromatic heterocycles. The minimum atomic E-state index is -0.263. The highest BCUT2D eigenvalue weighted by atomic mass is 16.5. The summed E-state index contributed by atoms with van der Waals surface area (Å²) in [5.41, 5.74) is 0.484. The first-order chi connectivity index (χ1) is 9.51. The lowest BCUT2D eigenvalue weighted by atomic mass is 10.1. The predicted molar refractivity (Wildman–Crippen MR) is 85.6 cm³/mol. The molecule has 0 aromatic rings. The molecule has 3 heteroatoms. The van der Waals surface area contributed by atoms with E-state index in [-0.39, 0.29) is 5.97 Å². The Morgan fingerprint density at radius 2 is 1.60 bits per heavy atom. The zero-order valence-corrected chi connectivity index (χ0v) is 14.0. The summed E-state index contributed by atoms with van der Waals surface area (Å²) in [5.74, 6) is -0.263. The van der Waals surface area contributed by atoms with Gasteiger partial charge < -0.3 is 9.22 Å². The molecule has 0 N–H and O–H groups in total. The van der Waals surface area contributed by atoms with Crippen LogP contribution in [0.2, 0.25) is 0 Å². The van der Waals surface area contributed by atoms with Gasteiger partial charge in [0.05, 0.1) is 32.8 Å². The molecular weight excluding hydrogens is 250 g/mol. The van der Waals surface area contributed by atoms with Crippen molar-refractivity contribution in [3.8, 4) is 0 Å². The average molecular weight is 284 g/mol. The number of esters is 1. The van der Waals surface area contributed by atoms with Crippen molar-refractivity contribution in [2.75, 3.05) is 32.8 Å². The number of ether oxygens (including phenoxy) is 1. The molecule has 0 rings (SSSR count). The van der Waals surface area contributed by atoms with Crippen LogP contribution < -0.4 is 0 Å². The Morgan fingerprint density at radius 3 is 2.10 bits per heavy atom. The smallest absolute Gasteiger partial charge is 0.333 e. The molecular formula is C17H34NO2+. The number of nitrogens with zero attached hydrogens (tertiary/aromatic N) is 1. The van der Waals surface area contributed by atoms with Crippen molar-refractivity contribution in [3.63, 3.8) is 0 Å². The summed E-state index contributed by atoms with van der Waals surface area (Å²) in [6, 6.07) is 0. The van der Waals surface area contributed by atoms with Crippen molar-refractivity contribution in [2.45, 2.75) is 59.8 Å². The Morgan fingerprint density at radius 1 is 1.00 bits per heavy atom. The van der Waals surface area contributed by atoms with Gasteiger partial charge in [-0.2, -0.15) is 0 Å². The Balaban J connectivity index is 3.69. The summed E-state index contributed by atoms with van der Waals surface area (Å²) < 4.78 is 6.34. The van der Waals surface area contributed by atoms with Gasteiger partial charge in [-0.15, -0.1) is 0 Å². The van der Waals surface area contributed by atoms with Crippen LogP contribution in [-0.2, 0) is 9.53 Å². The van der Waals surface area contributed by atoms with Gasteiger partial charge in [0.2, 0.25) is 0 Å². The van der Waals surface area contributed by atoms with Crippen molar-refractivity contribution in [2.24, 2.45) is 0 Å². The van der Waals surface area contributed by atoms with E-state index in [1.54, 1.807) is 6.92 Å². The molecule has 0 saturated carbocycles. The van der Waals surface area contributed by atoms with Gasteiger partial charge in [0.15, 0.2) is 0 Å². The molecule has 0 aromatic carbocycles. The van der Waals surface area contributed by atoms with Gasteiger partial charge >= 0.3 is 5.97 Å². The normalized spacial score (nSPS) is 11.4. The van der Waals surface area contributed by atoms with Gasteiger partial charge in [-0.25, -0.2) is 4.79 Å². The minimum Gasteiger partial charge on any atom is -0.462 e. The van der Waals surface area contributed by atoms with Crippen LogP contribution in [0.25, 0.3) is 0 Å². The van der Waals surface area contributed by atoms with Crippen molar-refractivity contribution < 1.29 is 14.0 Å². The Kier molecular flexibility index (Phi) is 10.4. The molecule has 0 radical (unpaired) electrons. The first kappa shape index (κ1) is 19.2. The van der Waals surface area contributed by atoms with E-state index in [1.807, 2.05) is 0 Å². The van der Waals surface area contributed by atoms with E-state index in [1.165, 1.54) is 49.9 Å². The van der Waals surface area contributed by atoms with Crippen LogP contribution >= 0.6 is 0 Å². The van der Waals surface area contributed by atoms with Crippen molar-refractivity contribution in [3.05, 3.63) is 12.2 Å². The van der Waals surface area contributed by atoms with Gasteiger partial charge in [-0.3, -0.25) is 0 Å². The number of hydrogen-bond acceptors (Lipinski definition) is 2. The van der Waals surface area contributed by atoms with Gasteiger partial charge in [-0.05, 0) is 52.9 Å². The zero-order valence-electron chi connectivity index (χ0n) is 14.0. The Bertz CT molecular complexity index is 283. The molecule has 20 heavy (non-hydrogen) atoms. The quantitative estimate of drug-likeness (QED) is 0.235. The average Bonchev–Trinajstić information content (AvgIpc) is 2.44. The minimum absolute atomic E-state index is 0.263. The highest BCUT2D eigenvalue weighted by Crippen LogP contribution is 2.12. The maximum atomic E-state index is 11.2. The molecule has 118 valence electrons. The van der Waals surface area contributed by atoms with E-state index >= 15 is 0 Å². The van der Waals surface area contributed by atoms with Crippen LogP contribution in [0.4, 0.5) is 0 Å². The lowest BCUT2D eigenvalue weighted by Gasteiger charge is -2.36. The molecule has 0 spiro atoms. The molecule has 0 aliphatic carbocycles. The summed E-state index contributed by atoms with van der Waals surface area (Å²) in [5, 5.41) is 0. The van der Waals surface area contributed by atoms with Gasteiger partial charge in [0, 0.05) is 5.57 Å². The maximum Gasteiger partial charge on any atom is 0.333 e. The summed E-state index contributed by atoms with van der Waals surface area (Å²) >= 11 is 0. The van der Waals surface area contributed by atoms with Crippen molar-refractivity contribution in [1.82, 2.24) is 0 Å². The van der Waals surface area contributed by atoms with Gasteiger partial charge in [0.1, 0.15) is 0 Å². The topological polar surface area (TPSA) is 26.3 Å². The fourth-order valence-corrected chi connectivity index (χ4v) is 2.63. The van der Waals surface area contributed by atoms with Crippen LogP contribution in [0.1, 0.15) is 59.8 Å². The predicted octanol–water partition coefficient (Wildman–Crippen LogP) is 3.93. The monoisotopic (exact) mass is 284 g/mol. The lowest BCUT2D eigenvalue weighted by molar-refractivity contribution is -0.925. The summed E-state index contributed by atoms with van der Waals surface area (Å²) in [6.45, 7) is 17.7. The first-order valence-corrected chi connectivity index (χ1v) is 8.19. The van der Waals surface area contributed by atoms with E-state index in [0.717, 1.165) is 12.8 Å². The number of rotatable bonds is 12. The van der Waals surface area contributed by atoms with E-state index in [2.05, 4.69) is 27.4 Å². The van der Waals surface area contributed by atoms with Gasteiger partial charge in [0.25, 0.3) is 0 Å². The van der Waals surface area contributed by atoms with E-state index in [9.17, 15) is 4.79 Å². The third kappa shape index (κ3) is 7.68. The SMILES string of the molecule is C=C(C)C(=O)OCCCCCC[N+](CC)(CC)CCC. The second kappa shape index (κ2) is 10.9.